The molecular formula is C13H12ClN3S. The smallest absolute Gasteiger partial charge is 0.160 e. The van der Waals surface area contributed by atoms with E-state index in [1.54, 1.807) is 17.5 Å². The van der Waals surface area contributed by atoms with Crippen LogP contribution in [0.3, 0.4) is 0 Å². The zero-order chi connectivity index (χ0) is 12.5. The Morgan fingerprint density at radius 3 is 2.94 bits per heavy atom. The summed E-state index contributed by atoms with van der Waals surface area (Å²) in [5, 5.41) is 0. The van der Waals surface area contributed by atoms with Crippen molar-refractivity contribution in [3.05, 3.63) is 46.0 Å². The number of rotatable bonds is 3. The third kappa shape index (κ3) is 2.02. The first-order chi connectivity index (χ1) is 8.78. The van der Waals surface area contributed by atoms with E-state index in [0.29, 0.717) is 5.88 Å². The molecule has 3 aromatic heterocycles. The molecule has 0 aromatic carbocycles. The number of alkyl halides is 1. The molecule has 18 heavy (non-hydrogen) atoms. The van der Waals surface area contributed by atoms with Gasteiger partial charge in [0.2, 0.25) is 0 Å². The van der Waals surface area contributed by atoms with Crippen molar-refractivity contribution in [3.8, 4) is 0 Å². The van der Waals surface area contributed by atoms with Gasteiger partial charge in [0.1, 0.15) is 11.3 Å². The Hall–Kier alpha value is -1.39. The minimum Gasteiger partial charge on any atom is -0.306 e. The number of imidazole rings is 1. The SMILES string of the molecule is Cc1ccc(Cn2c(CCl)nc3cccnc32)s1. The van der Waals surface area contributed by atoms with Gasteiger partial charge < -0.3 is 4.57 Å². The molecule has 92 valence electrons. The number of nitrogens with zero attached hydrogens (tertiary/aromatic N) is 3. The van der Waals surface area contributed by atoms with Gasteiger partial charge in [-0.25, -0.2) is 9.97 Å². The number of aromatic nitrogens is 3. The molecule has 0 spiro atoms. The maximum atomic E-state index is 5.97. The molecule has 5 heteroatoms. The van der Waals surface area contributed by atoms with Gasteiger partial charge in [0.15, 0.2) is 5.65 Å². The Kier molecular flexibility index (Phi) is 3.06. The van der Waals surface area contributed by atoms with Crippen molar-refractivity contribution in [2.24, 2.45) is 0 Å². The van der Waals surface area contributed by atoms with E-state index >= 15 is 0 Å². The number of thiophene rings is 1. The topological polar surface area (TPSA) is 30.7 Å². The summed E-state index contributed by atoms with van der Waals surface area (Å²) in [7, 11) is 0. The molecule has 0 aliphatic carbocycles. The lowest BCUT2D eigenvalue weighted by molar-refractivity contribution is 0.780. The maximum absolute atomic E-state index is 5.97. The molecule has 3 aromatic rings. The molecule has 3 rings (SSSR count). The monoisotopic (exact) mass is 277 g/mol. The highest BCUT2D eigenvalue weighted by Crippen LogP contribution is 2.21. The van der Waals surface area contributed by atoms with E-state index in [0.717, 1.165) is 23.5 Å². The molecule has 0 fully saturated rings. The van der Waals surface area contributed by atoms with Gasteiger partial charge in [0.25, 0.3) is 0 Å². The molecule has 0 radical (unpaired) electrons. The lowest BCUT2D eigenvalue weighted by atomic mass is 10.4. The van der Waals surface area contributed by atoms with E-state index in [-0.39, 0.29) is 0 Å². The van der Waals surface area contributed by atoms with Crippen LogP contribution >= 0.6 is 22.9 Å². The van der Waals surface area contributed by atoms with Crippen LogP contribution in [0.5, 0.6) is 0 Å². The normalized spacial score (nSPS) is 11.2. The van der Waals surface area contributed by atoms with Crippen molar-refractivity contribution in [2.45, 2.75) is 19.3 Å². The van der Waals surface area contributed by atoms with Gasteiger partial charge in [0, 0.05) is 16.0 Å². The van der Waals surface area contributed by atoms with Crippen LogP contribution in [0.25, 0.3) is 11.2 Å². The van der Waals surface area contributed by atoms with Crippen LogP contribution in [0, 0.1) is 6.92 Å². The molecule has 0 bridgehead atoms. The van der Waals surface area contributed by atoms with E-state index in [2.05, 4.69) is 33.6 Å². The summed E-state index contributed by atoms with van der Waals surface area (Å²) in [6, 6.07) is 8.14. The largest absolute Gasteiger partial charge is 0.306 e. The second-order valence-electron chi connectivity index (χ2n) is 4.11. The van der Waals surface area contributed by atoms with Gasteiger partial charge >= 0.3 is 0 Å². The van der Waals surface area contributed by atoms with Crippen LogP contribution in [0.2, 0.25) is 0 Å². The number of halogens is 1. The quantitative estimate of drug-likeness (QED) is 0.685. The standard InChI is InChI=1S/C13H12ClN3S/c1-9-4-5-10(18-9)8-17-12(7-14)16-11-3-2-6-15-13(11)17/h2-6H,7-8H2,1H3. The van der Waals surface area contributed by atoms with Crippen molar-refractivity contribution >= 4 is 34.1 Å². The predicted molar refractivity (Wildman–Crippen MR) is 75.2 cm³/mol. The minimum atomic E-state index is 0.403. The van der Waals surface area contributed by atoms with Gasteiger partial charge in [-0.15, -0.1) is 22.9 Å². The van der Waals surface area contributed by atoms with Crippen LogP contribution < -0.4 is 0 Å². The Balaban J connectivity index is 2.09. The highest BCUT2D eigenvalue weighted by molar-refractivity contribution is 7.11. The van der Waals surface area contributed by atoms with Gasteiger partial charge in [-0.1, -0.05) is 0 Å². The van der Waals surface area contributed by atoms with Crippen LogP contribution in [0.4, 0.5) is 0 Å². The van der Waals surface area contributed by atoms with Crippen molar-refractivity contribution < 1.29 is 0 Å². The molecule has 0 N–H and O–H groups in total. The molecule has 3 heterocycles. The highest BCUT2D eigenvalue weighted by Gasteiger charge is 2.11. The van der Waals surface area contributed by atoms with Crippen molar-refractivity contribution in [1.29, 1.82) is 0 Å². The number of hydrogen-bond acceptors (Lipinski definition) is 3. The molecule has 0 amide bonds. The van der Waals surface area contributed by atoms with E-state index in [9.17, 15) is 0 Å². The second kappa shape index (κ2) is 4.71. The van der Waals surface area contributed by atoms with E-state index in [4.69, 9.17) is 11.6 Å². The zero-order valence-electron chi connectivity index (χ0n) is 9.93. The van der Waals surface area contributed by atoms with Gasteiger partial charge in [0.05, 0.1) is 12.4 Å². The number of aryl methyl sites for hydroxylation is 1. The highest BCUT2D eigenvalue weighted by atomic mass is 35.5. The molecular weight excluding hydrogens is 266 g/mol. The number of fused-ring (bicyclic) bond motifs is 1. The van der Waals surface area contributed by atoms with Gasteiger partial charge in [-0.2, -0.15) is 0 Å². The number of hydrogen-bond donors (Lipinski definition) is 0. The first kappa shape index (κ1) is 11.7. The molecule has 0 saturated carbocycles. The van der Waals surface area contributed by atoms with E-state index in [1.165, 1.54) is 9.75 Å². The molecule has 3 nitrogen and oxygen atoms in total. The Morgan fingerprint density at radius 2 is 2.22 bits per heavy atom. The average Bonchev–Trinajstić information content (AvgIpc) is 2.94. The fourth-order valence-electron chi connectivity index (χ4n) is 2.00. The van der Waals surface area contributed by atoms with Crippen molar-refractivity contribution in [3.63, 3.8) is 0 Å². The summed E-state index contributed by atoms with van der Waals surface area (Å²) in [6.45, 7) is 2.90. The minimum absolute atomic E-state index is 0.403. The molecule has 0 unspecified atom stereocenters. The first-order valence-corrected chi connectivity index (χ1v) is 7.04. The van der Waals surface area contributed by atoms with Crippen molar-refractivity contribution in [1.82, 2.24) is 14.5 Å². The van der Waals surface area contributed by atoms with Crippen molar-refractivity contribution in [2.75, 3.05) is 0 Å². The van der Waals surface area contributed by atoms with E-state index in [1.807, 2.05) is 12.1 Å². The van der Waals surface area contributed by atoms with Crippen LogP contribution in [-0.2, 0) is 12.4 Å². The van der Waals surface area contributed by atoms with Crippen LogP contribution in [0.1, 0.15) is 15.6 Å². The van der Waals surface area contributed by atoms with Gasteiger partial charge in [-0.3, -0.25) is 0 Å². The fourth-order valence-corrected chi connectivity index (χ4v) is 3.08. The zero-order valence-corrected chi connectivity index (χ0v) is 11.5. The summed E-state index contributed by atoms with van der Waals surface area (Å²) >= 11 is 7.76. The van der Waals surface area contributed by atoms with Crippen LogP contribution in [-0.4, -0.2) is 14.5 Å². The lowest BCUT2D eigenvalue weighted by Gasteiger charge is -2.04. The Labute approximate surface area is 114 Å². The Morgan fingerprint density at radius 1 is 1.33 bits per heavy atom. The molecule has 0 aliphatic heterocycles. The summed E-state index contributed by atoms with van der Waals surface area (Å²) in [5.74, 6) is 1.28. The first-order valence-electron chi connectivity index (χ1n) is 5.69. The summed E-state index contributed by atoms with van der Waals surface area (Å²) in [6.07, 6.45) is 1.79. The maximum Gasteiger partial charge on any atom is 0.160 e. The molecule has 0 saturated heterocycles. The Bertz CT molecular complexity index is 686. The lowest BCUT2D eigenvalue weighted by Crippen LogP contribution is -2.03. The fraction of sp³-hybridized carbons (Fsp3) is 0.231. The average molecular weight is 278 g/mol. The number of pyridine rings is 1. The third-order valence-electron chi connectivity index (χ3n) is 2.81. The van der Waals surface area contributed by atoms with Gasteiger partial charge in [-0.05, 0) is 31.2 Å². The summed E-state index contributed by atoms with van der Waals surface area (Å²) in [5.41, 5.74) is 1.81. The summed E-state index contributed by atoms with van der Waals surface area (Å²) < 4.78 is 2.09. The second-order valence-corrected chi connectivity index (χ2v) is 5.75. The summed E-state index contributed by atoms with van der Waals surface area (Å²) in [4.78, 5) is 11.5. The van der Waals surface area contributed by atoms with Crippen LogP contribution in [0.15, 0.2) is 30.5 Å². The predicted octanol–water partition coefficient (Wildman–Crippen LogP) is 3.59. The molecule has 0 aliphatic rings. The van der Waals surface area contributed by atoms with E-state index < -0.39 is 0 Å². The third-order valence-corrected chi connectivity index (χ3v) is 4.04. The molecule has 0 atom stereocenters.